The van der Waals surface area contributed by atoms with E-state index in [1.165, 1.54) is 11.2 Å². The third-order valence-electron chi connectivity index (χ3n) is 3.73. The third kappa shape index (κ3) is 4.30. The van der Waals surface area contributed by atoms with Gasteiger partial charge in [0.05, 0.1) is 6.20 Å². The Morgan fingerprint density at radius 2 is 2.00 bits per heavy atom. The topological polar surface area (TPSA) is 94.8 Å². The van der Waals surface area contributed by atoms with Crippen molar-refractivity contribution in [3.63, 3.8) is 0 Å². The van der Waals surface area contributed by atoms with Gasteiger partial charge in [-0.3, -0.25) is 20.2 Å². The summed E-state index contributed by atoms with van der Waals surface area (Å²) in [6.07, 6.45) is 3.00. The van der Waals surface area contributed by atoms with E-state index in [2.05, 4.69) is 20.4 Å². The quantitative estimate of drug-likeness (QED) is 0.682. The van der Waals surface area contributed by atoms with Crippen LogP contribution in [0, 0.1) is 17.2 Å². The van der Waals surface area contributed by atoms with Crippen molar-refractivity contribution in [2.75, 3.05) is 11.6 Å². The lowest BCUT2D eigenvalue weighted by Crippen LogP contribution is -2.45. The van der Waals surface area contributed by atoms with Gasteiger partial charge in [0.1, 0.15) is 16.8 Å². The molecule has 0 atom stereocenters. The number of nitriles is 1. The number of rotatable bonds is 5. The molecule has 0 bridgehead atoms. The van der Waals surface area contributed by atoms with Crippen LogP contribution in [0.15, 0.2) is 42.7 Å². The van der Waals surface area contributed by atoms with E-state index in [4.69, 9.17) is 16.9 Å². The smallest absolute Gasteiger partial charge is 0.266 e. The zero-order chi connectivity index (χ0) is 19.4. The van der Waals surface area contributed by atoms with Gasteiger partial charge in [-0.05, 0) is 17.4 Å². The zero-order valence-corrected chi connectivity index (χ0v) is 15.6. The fourth-order valence-corrected chi connectivity index (χ4v) is 2.73. The largest absolute Gasteiger partial charge is 0.288 e. The van der Waals surface area contributed by atoms with Crippen LogP contribution >= 0.6 is 11.6 Å². The molecule has 8 heteroatoms. The number of fused-ring (bicyclic) bond motifs is 1. The molecule has 0 saturated heterocycles. The van der Waals surface area contributed by atoms with Gasteiger partial charge in [0.25, 0.3) is 5.91 Å². The molecule has 7 nitrogen and oxygen atoms in total. The molecule has 0 spiro atoms. The molecule has 0 fully saturated rings. The molecule has 3 aromatic rings. The number of halogens is 1. The van der Waals surface area contributed by atoms with Gasteiger partial charge in [0.15, 0.2) is 5.82 Å². The number of aromatic nitrogens is 3. The summed E-state index contributed by atoms with van der Waals surface area (Å²) in [5.74, 6) is 0.0494. The molecule has 0 saturated carbocycles. The number of nitrogens with zero attached hydrogens (tertiary/aromatic N) is 5. The van der Waals surface area contributed by atoms with Crippen molar-refractivity contribution in [1.82, 2.24) is 20.4 Å². The first-order valence-corrected chi connectivity index (χ1v) is 8.71. The van der Waals surface area contributed by atoms with E-state index in [9.17, 15) is 4.79 Å². The Kier molecular flexibility index (Phi) is 5.48. The molecular weight excluding hydrogens is 364 g/mol. The molecule has 1 amide bonds. The van der Waals surface area contributed by atoms with Gasteiger partial charge in [0, 0.05) is 18.1 Å². The summed E-state index contributed by atoms with van der Waals surface area (Å²) in [4.78, 5) is 24.9. The summed E-state index contributed by atoms with van der Waals surface area (Å²) in [6.45, 7) is 4.43. The Bertz CT molecular complexity index is 1030. The van der Waals surface area contributed by atoms with Crippen LogP contribution in [-0.4, -0.2) is 27.4 Å². The number of carbonyl (C=O) groups is 1. The third-order valence-corrected chi connectivity index (χ3v) is 4.00. The molecule has 0 aliphatic heterocycles. The lowest BCUT2D eigenvalue weighted by molar-refractivity contribution is 0.0942. The molecule has 0 aliphatic carbocycles. The molecule has 0 radical (unpaired) electrons. The van der Waals surface area contributed by atoms with Crippen LogP contribution in [-0.2, 0) is 0 Å². The van der Waals surface area contributed by atoms with Crippen LogP contribution in [0.2, 0.25) is 5.02 Å². The minimum absolute atomic E-state index is 0.0266. The van der Waals surface area contributed by atoms with E-state index in [0.717, 1.165) is 10.8 Å². The highest BCUT2D eigenvalue weighted by Gasteiger charge is 2.19. The number of nitrogens with one attached hydrogen (secondary N) is 1. The highest BCUT2D eigenvalue weighted by Crippen LogP contribution is 2.22. The van der Waals surface area contributed by atoms with E-state index < -0.39 is 5.91 Å². The summed E-state index contributed by atoms with van der Waals surface area (Å²) < 4.78 is 0. The Balaban J connectivity index is 1.91. The number of pyridine rings is 1. The van der Waals surface area contributed by atoms with Gasteiger partial charge < -0.3 is 0 Å². The first kappa shape index (κ1) is 18.5. The molecule has 3 rings (SSSR count). The number of anilines is 1. The molecular formula is C19H17ClN6O. The summed E-state index contributed by atoms with van der Waals surface area (Å²) in [7, 11) is 0. The molecule has 136 valence electrons. The maximum atomic E-state index is 12.8. The van der Waals surface area contributed by atoms with E-state index in [1.54, 1.807) is 12.3 Å². The zero-order valence-electron chi connectivity index (χ0n) is 14.8. The number of carbonyl (C=O) groups excluding carboxylic acids is 1. The number of hydrazine groups is 1. The van der Waals surface area contributed by atoms with Gasteiger partial charge in [-0.25, -0.2) is 4.98 Å². The Morgan fingerprint density at radius 3 is 2.70 bits per heavy atom. The van der Waals surface area contributed by atoms with Crippen molar-refractivity contribution in [1.29, 1.82) is 5.26 Å². The van der Waals surface area contributed by atoms with Crippen LogP contribution < -0.4 is 10.4 Å². The number of benzene rings is 1. The number of amides is 1. The average molecular weight is 381 g/mol. The van der Waals surface area contributed by atoms with Crippen LogP contribution in [0.4, 0.5) is 5.82 Å². The van der Waals surface area contributed by atoms with E-state index in [1.807, 2.05) is 44.2 Å². The van der Waals surface area contributed by atoms with Crippen LogP contribution in [0.25, 0.3) is 10.8 Å². The maximum Gasteiger partial charge on any atom is 0.288 e. The summed E-state index contributed by atoms with van der Waals surface area (Å²) >= 11 is 6.20. The second kappa shape index (κ2) is 7.98. The molecule has 0 aliphatic rings. The Labute approximate surface area is 161 Å². The summed E-state index contributed by atoms with van der Waals surface area (Å²) in [5.41, 5.74) is 3.06. The maximum absolute atomic E-state index is 12.8. The monoisotopic (exact) mass is 380 g/mol. The first-order chi connectivity index (χ1) is 13.0. The molecule has 0 unspecified atom stereocenters. The van der Waals surface area contributed by atoms with Gasteiger partial charge in [-0.15, -0.1) is 0 Å². The fraction of sp³-hybridized carbons (Fsp3) is 0.211. The predicted molar refractivity (Wildman–Crippen MR) is 103 cm³/mol. The SMILES string of the molecule is CC(C)CN(NC(=O)c1cc2ccccc2cn1)c1nc(C#N)ncc1Cl. The van der Waals surface area contributed by atoms with Gasteiger partial charge in [0.2, 0.25) is 5.82 Å². The van der Waals surface area contributed by atoms with Crippen LogP contribution in [0.3, 0.4) is 0 Å². The number of hydrogen-bond donors (Lipinski definition) is 1. The van der Waals surface area contributed by atoms with E-state index in [-0.39, 0.29) is 28.3 Å². The van der Waals surface area contributed by atoms with Crippen LogP contribution in [0.5, 0.6) is 0 Å². The fourth-order valence-electron chi connectivity index (χ4n) is 2.54. The molecule has 2 heterocycles. The van der Waals surface area contributed by atoms with E-state index in [0.29, 0.717) is 6.54 Å². The van der Waals surface area contributed by atoms with Gasteiger partial charge >= 0.3 is 0 Å². The van der Waals surface area contributed by atoms with Crippen molar-refractivity contribution < 1.29 is 4.79 Å². The molecule has 2 aromatic heterocycles. The summed E-state index contributed by atoms with van der Waals surface area (Å²) in [5, 5.41) is 12.7. The second-order valence-electron chi connectivity index (χ2n) is 6.34. The second-order valence-corrected chi connectivity index (χ2v) is 6.75. The highest BCUT2D eigenvalue weighted by atomic mass is 35.5. The lowest BCUT2D eigenvalue weighted by atomic mass is 10.1. The first-order valence-electron chi connectivity index (χ1n) is 8.34. The predicted octanol–water partition coefficient (Wildman–Crippen LogP) is 3.36. The minimum Gasteiger partial charge on any atom is -0.266 e. The summed E-state index contributed by atoms with van der Waals surface area (Å²) in [6, 6.07) is 11.3. The van der Waals surface area contributed by atoms with Crippen molar-refractivity contribution in [3.05, 3.63) is 59.3 Å². The van der Waals surface area contributed by atoms with Crippen LogP contribution in [0.1, 0.15) is 30.2 Å². The van der Waals surface area contributed by atoms with Crippen molar-refractivity contribution >= 4 is 34.1 Å². The van der Waals surface area contributed by atoms with E-state index >= 15 is 0 Å². The van der Waals surface area contributed by atoms with Crippen molar-refractivity contribution in [3.8, 4) is 6.07 Å². The Morgan fingerprint density at radius 1 is 1.26 bits per heavy atom. The van der Waals surface area contributed by atoms with Gasteiger partial charge in [-0.2, -0.15) is 10.2 Å². The Hall–Kier alpha value is -3.24. The number of hydrogen-bond acceptors (Lipinski definition) is 6. The molecule has 1 aromatic carbocycles. The average Bonchev–Trinajstić information content (AvgIpc) is 2.67. The van der Waals surface area contributed by atoms with Gasteiger partial charge in [-0.1, -0.05) is 49.7 Å². The normalized spacial score (nSPS) is 10.6. The molecule has 1 N–H and O–H groups in total. The van der Waals surface area contributed by atoms with Crippen molar-refractivity contribution in [2.45, 2.75) is 13.8 Å². The molecule has 27 heavy (non-hydrogen) atoms. The highest BCUT2D eigenvalue weighted by molar-refractivity contribution is 6.32. The lowest BCUT2D eigenvalue weighted by Gasteiger charge is -2.26. The minimum atomic E-state index is -0.394. The van der Waals surface area contributed by atoms with Crippen molar-refractivity contribution in [2.24, 2.45) is 5.92 Å². The standard InChI is InChI=1S/C19H17ClN6O/c1-12(2)11-26(18-15(20)10-23-17(8-21)24-18)25-19(27)16-7-13-5-3-4-6-14(13)9-22-16/h3-7,9-10,12H,11H2,1-2H3,(H,25,27).